The number of ether oxygens (including phenoxy) is 3. The molecule has 4 aromatic rings. The lowest BCUT2D eigenvalue weighted by atomic mass is 10.0. The molecule has 6 heteroatoms. The van der Waals surface area contributed by atoms with Crippen LogP contribution >= 0.6 is 0 Å². The largest absolute Gasteiger partial charge is 0.502 e. The van der Waals surface area contributed by atoms with Gasteiger partial charge in [0.25, 0.3) is 0 Å². The van der Waals surface area contributed by atoms with E-state index in [1.807, 2.05) is 36.4 Å². The van der Waals surface area contributed by atoms with Crippen LogP contribution in [0.5, 0.6) is 23.0 Å². The third kappa shape index (κ3) is 3.33. The molecule has 0 aliphatic rings. The Morgan fingerprint density at radius 3 is 2.23 bits per heavy atom. The van der Waals surface area contributed by atoms with Crippen LogP contribution in [0.3, 0.4) is 0 Å². The van der Waals surface area contributed by atoms with Crippen LogP contribution in [0, 0.1) is 0 Å². The summed E-state index contributed by atoms with van der Waals surface area (Å²) in [5, 5.41) is 10.8. The van der Waals surface area contributed by atoms with E-state index in [1.54, 1.807) is 38.5 Å². The molecule has 0 unspecified atom stereocenters. The van der Waals surface area contributed by atoms with Gasteiger partial charge in [-0.1, -0.05) is 24.3 Å². The highest BCUT2D eigenvalue weighted by atomic mass is 16.5. The Balaban J connectivity index is 1.84. The van der Waals surface area contributed by atoms with E-state index in [-0.39, 0.29) is 11.1 Å². The predicted molar refractivity (Wildman–Crippen MR) is 115 cm³/mol. The number of methoxy groups -OCH3 is 3. The molecule has 6 nitrogen and oxygen atoms in total. The zero-order valence-corrected chi connectivity index (χ0v) is 16.8. The predicted octanol–water partition coefficient (Wildman–Crippen LogP) is 4.86. The van der Waals surface area contributed by atoms with Gasteiger partial charge >= 0.3 is 0 Å². The molecule has 3 aromatic carbocycles. The summed E-state index contributed by atoms with van der Waals surface area (Å²) in [6.07, 6.45) is 0. The molecule has 0 aliphatic heterocycles. The van der Waals surface area contributed by atoms with Gasteiger partial charge in [0.15, 0.2) is 17.3 Å². The fourth-order valence-electron chi connectivity index (χ4n) is 3.34. The minimum atomic E-state index is -0.512. The van der Waals surface area contributed by atoms with Crippen molar-refractivity contribution in [3.05, 3.63) is 70.9 Å². The zero-order chi connectivity index (χ0) is 21.3. The molecule has 0 aliphatic carbocycles. The molecule has 0 radical (unpaired) electrons. The van der Waals surface area contributed by atoms with Crippen molar-refractivity contribution < 1.29 is 23.7 Å². The van der Waals surface area contributed by atoms with E-state index >= 15 is 0 Å². The van der Waals surface area contributed by atoms with E-state index in [4.69, 9.17) is 18.6 Å². The zero-order valence-electron chi connectivity index (χ0n) is 16.8. The van der Waals surface area contributed by atoms with Gasteiger partial charge in [-0.05, 0) is 47.5 Å². The lowest BCUT2D eigenvalue weighted by Crippen LogP contribution is -2.03. The Bertz CT molecular complexity index is 1290. The molecular weight excluding hydrogens is 384 g/mol. The van der Waals surface area contributed by atoms with E-state index in [1.165, 1.54) is 7.11 Å². The van der Waals surface area contributed by atoms with Crippen LogP contribution in [0.2, 0.25) is 0 Å². The first kappa shape index (κ1) is 19.4. The molecule has 4 rings (SSSR count). The van der Waals surface area contributed by atoms with E-state index in [9.17, 15) is 9.90 Å². The van der Waals surface area contributed by atoms with Crippen molar-refractivity contribution in [3.8, 4) is 45.4 Å². The number of fused-ring (bicyclic) bond motifs is 1. The minimum Gasteiger partial charge on any atom is -0.502 e. The summed E-state index contributed by atoms with van der Waals surface area (Å²) >= 11 is 0. The fraction of sp³-hybridized carbons (Fsp3) is 0.125. The van der Waals surface area contributed by atoms with Gasteiger partial charge in [0.2, 0.25) is 11.2 Å². The number of benzene rings is 3. The number of hydrogen-bond acceptors (Lipinski definition) is 6. The van der Waals surface area contributed by atoms with Crippen LogP contribution in [0.4, 0.5) is 0 Å². The van der Waals surface area contributed by atoms with Crippen LogP contribution in [-0.2, 0) is 0 Å². The Hall–Kier alpha value is -3.93. The molecular formula is C24H20O6. The molecule has 0 saturated carbocycles. The first-order valence-electron chi connectivity index (χ1n) is 9.22. The maximum absolute atomic E-state index is 12.7. The average Bonchev–Trinajstić information content (AvgIpc) is 2.80. The fourth-order valence-corrected chi connectivity index (χ4v) is 3.34. The molecule has 1 N–H and O–H groups in total. The molecule has 0 bridgehead atoms. The van der Waals surface area contributed by atoms with Gasteiger partial charge in [0.1, 0.15) is 11.3 Å². The van der Waals surface area contributed by atoms with Crippen molar-refractivity contribution in [1.29, 1.82) is 0 Å². The normalized spacial score (nSPS) is 10.8. The van der Waals surface area contributed by atoms with Crippen molar-refractivity contribution in [1.82, 2.24) is 0 Å². The summed E-state index contributed by atoms with van der Waals surface area (Å²) in [5.74, 6) is 1.41. The Morgan fingerprint density at radius 1 is 0.767 bits per heavy atom. The molecule has 1 aromatic heterocycles. The smallest absolute Gasteiger partial charge is 0.235 e. The third-order valence-electron chi connectivity index (χ3n) is 4.92. The summed E-state index contributed by atoms with van der Waals surface area (Å²) in [5.41, 5.74) is 2.19. The molecule has 0 spiro atoms. The van der Waals surface area contributed by atoms with E-state index in [0.29, 0.717) is 28.4 Å². The SMILES string of the molecule is COc1ccc2oc(-c3cccc(-c4ccc(OC)c(OC)c4)c3)c(O)c(=O)c2c1. The van der Waals surface area contributed by atoms with Gasteiger partial charge in [0, 0.05) is 5.56 Å². The van der Waals surface area contributed by atoms with Crippen LogP contribution in [-0.4, -0.2) is 26.4 Å². The molecule has 152 valence electrons. The van der Waals surface area contributed by atoms with Crippen molar-refractivity contribution >= 4 is 11.0 Å². The number of hydrogen-bond donors (Lipinski definition) is 1. The summed E-state index contributed by atoms with van der Waals surface area (Å²) in [6, 6.07) is 17.9. The Morgan fingerprint density at radius 2 is 1.50 bits per heavy atom. The monoisotopic (exact) mass is 404 g/mol. The van der Waals surface area contributed by atoms with Crippen molar-refractivity contribution in [2.45, 2.75) is 0 Å². The Kier molecular flexibility index (Phi) is 5.06. The van der Waals surface area contributed by atoms with E-state index in [2.05, 4.69) is 0 Å². The number of rotatable bonds is 5. The van der Waals surface area contributed by atoms with Gasteiger partial charge in [-0.25, -0.2) is 0 Å². The van der Waals surface area contributed by atoms with Gasteiger partial charge in [-0.3, -0.25) is 4.79 Å². The van der Waals surface area contributed by atoms with Crippen molar-refractivity contribution in [3.63, 3.8) is 0 Å². The van der Waals surface area contributed by atoms with Crippen molar-refractivity contribution in [2.75, 3.05) is 21.3 Å². The maximum Gasteiger partial charge on any atom is 0.235 e. The van der Waals surface area contributed by atoms with Crippen LogP contribution < -0.4 is 19.6 Å². The highest BCUT2D eigenvalue weighted by molar-refractivity contribution is 5.84. The van der Waals surface area contributed by atoms with E-state index in [0.717, 1.165) is 11.1 Å². The third-order valence-corrected chi connectivity index (χ3v) is 4.92. The second-order valence-corrected chi connectivity index (χ2v) is 6.62. The minimum absolute atomic E-state index is 0.111. The van der Waals surface area contributed by atoms with Gasteiger partial charge in [-0.2, -0.15) is 0 Å². The summed E-state index contributed by atoms with van der Waals surface area (Å²) in [7, 11) is 4.67. The van der Waals surface area contributed by atoms with Crippen LogP contribution in [0.25, 0.3) is 33.4 Å². The van der Waals surface area contributed by atoms with Crippen molar-refractivity contribution in [2.24, 2.45) is 0 Å². The first-order valence-corrected chi connectivity index (χ1v) is 9.22. The number of aromatic hydroxyl groups is 1. The topological polar surface area (TPSA) is 78.1 Å². The summed E-state index contributed by atoms with van der Waals surface area (Å²) in [6.45, 7) is 0. The molecule has 30 heavy (non-hydrogen) atoms. The molecule has 0 saturated heterocycles. The van der Waals surface area contributed by atoms with Crippen LogP contribution in [0.15, 0.2) is 69.9 Å². The average molecular weight is 404 g/mol. The molecule has 1 heterocycles. The van der Waals surface area contributed by atoms with Crippen LogP contribution in [0.1, 0.15) is 0 Å². The maximum atomic E-state index is 12.7. The molecule has 0 atom stereocenters. The van der Waals surface area contributed by atoms with E-state index < -0.39 is 11.2 Å². The first-order chi connectivity index (χ1) is 14.5. The second-order valence-electron chi connectivity index (χ2n) is 6.62. The molecule has 0 fully saturated rings. The quantitative estimate of drug-likeness (QED) is 0.512. The lowest BCUT2D eigenvalue weighted by molar-refractivity contribution is 0.355. The molecule has 0 amide bonds. The van der Waals surface area contributed by atoms with Gasteiger partial charge in [0.05, 0.1) is 26.7 Å². The highest BCUT2D eigenvalue weighted by Crippen LogP contribution is 2.36. The standard InChI is InChI=1S/C24H20O6/c1-27-17-8-10-19-18(13-17)22(25)23(26)24(30-19)16-6-4-5-14(11-16)15-7-9-20(28-2)21(12-15)29-3/h4-13,26H,1-3H3. The second kappa shape index (κ2) is 7.83. The lowest BCUT2D eigenvalue weighted by Gasteiger charge is -2.11. The Labute approximate surface area is 172 Å². The van der Waals surface area contributed by atoms with Gasteiger partial charge < -0.3 is 23.7 Å². The summed E-state index contributed by atoms with van der Waals surface area (Å²) < 4.78 is 21.7. The summed E-state index contributed by atoms with van der Waals surface area (Å²) in [4.78, 5) is 12.7. The highest BCUT2D eigenvalue weighted by Gasteiger charge is 2.17. The van der Waals surface area contributed by atoms with Gasteiger partial charge in [-0.15, -0.1) is 0 Å².